The van der Waals surface area contributed by atoms with Crippen LogP contribution < -0.4 is 10.9 Å². The standard InChI is InChI=1S/C17H17N3O2/c1-12-7-8-15(21)20(11-12)17(2,3)16(22)19-14-6-4-5-13(9-14)10-18/h4-9,11H,1-3H3,(H,19,22). The second-order valence-corrected chi connectivity index (χ2v) is 5.62. The van der Waals surface area contributed by atoms with E-state index in [0.717, 1.165) is 5.56 Å². The molecular weight excluding hydrogens is 278 g/mol. The molecule has 1 aromatic carbocycles. The third-order valence-electron chi connectivity index (χ3n) is 3.47. The van der Waals surface area contributed by atoms with Crippen LogP contribution in [-0.2, 0) is 10.3 Å². The summed E-state index contributed by atoms with van der Waals surface area (Å²) in [6.45, 7) is 5.22. The van der Waals surface area contributed by atoms with Gasteiger partial charge in [-0.05, 0) is 44.5 Å². The quantitative estimate of drug-likeness (QED) is 0.944. The molecule has 0 atom stereocenters. The highest BCUT2D eigenvalue weighted by Crippen LogP contribution is 2.18. The van der Waals surface area contributed by atoms with Crippen molar-refractivity contribution >= 4 is 11.6 Å². The molecule has 5 nitrogen and oxygen atoms in total. The number of nitriles is 1. The summed E-state index contributed by atoms with van der Waals surface area (Å²) in [5, 5.41) is 11.6. The molecule has 5 heteroatoms. The first-order chi connectivity index (χ1) is 10.3. The second-order valence-electron chi connectivity index (χ2n) is 5.62. The van der Waals surface area contributed by atoms with Crippen LogP contribution >= 0.6 is 0 Å². The van der Waals surface area contributed by atoms with Crippen molar-refractivity contribution in [3.8, 4) is 6.07 Å². The Bertz CT molecular complexity index is 813. The van der Waals surface area contributed by atoms with E-state index in [1.165, 1.54) is 10.6 Å². The molecule has 2 aromatic rings. The zero-order chi connectivity index (χ0) is 16.3. The van der Waals surface area contributed by atoms with Crippen LogP contribution in [0.4, 0.5) is 5.69 Å². The van der Waals surface area contributed by atoms with Gasteiger partial charge in [0.15, 0.2) is 0 Å². The zero-order valence-electron chi connectivity index (χ0n) is 12.8. The van der Waals surface area contributed by atoms with Gasteiger partial charge in [-0.15, -0.1) is 0 Å². The summed E-state index contributed by atoms with van der Waals surface area (Å²) >= 11 is 0. The van der Waals surface area contributed by atoms with Crippen molar-refractivity contribution in [3.05, 3.63) is 64.1 Å². The van der Waals surface area contributed by atoms with Crippen LogP contribution in [0.2, 0.25) is 0 Å². The van der Waals surface area contributed by atoms with Gasteiger partial charge in [0, 0.05) is 18.0 Å². The Hall–Kier alpha value is -2.87. The number of rotatable bonds is 3. The Balaban J connectivity index is 2.33. The van der Waals surface area contributed by atoms with E-state index in [4.69, 9.17) is 5.26 Å². The Morgan fingerprint density at radius 2 is 2.00 bits per heavy atom. The lowest BCUT2D eigenvalue weighted by atomic mass is 10.0. The van der Waals surface area contributed by atoms with Gasteiger partial charge in [0.25, 0.3) is 5.56 Å². The van der Waals surface area contributed by atoms with Crippen molar-refractivity contribution in [1.29, 1.82) is 5.26 Å². The van der Waals surface area contributed by atoms with E-state index in [9.17, 15) is 9.59 Å². The predicted octanol–water partition coefficient (Wildman–Crippen LogP) is 2.40. The molecule has 0 unspecified atom stereocenters. The molecule has 0 radical (unpaired) electrons. The van der Waals surface area contributed by atoms with Crippen LogP contribution in [0.3, 0.4) is 0 Å². The first kappa shape index (κ1) is 15.5. The number of nitrogens with one attached hydrogen (secondary N) is 1. The Morgan fingerprint density at radius 1 is 1.27 bits per heavy atom. The lowest BCUT2D eigenvalue weighted by Crippen LogP contribution is -2.45. The minimum atomic E-state index is -1.05. The van der Waals surface area contributed by atoms with Crippen molar-refractivity contribution in [3.63, 3.8) is 0 Å². The molecule has 22 heavy (non-hydrogen) atoms. The summed E-state index contributed by atoms with van der Waals surface area (Å²) in [6, 6.07) is 11.8. The van der Waals surface area contributed by atoms with Crippen LogP contribution in [0.5, 0.6) is 0 Å². The lowest BCUT2D eigenvalue weighted by molar-refractivity contribution is -0.123. The molecule has 0 saturated heterocycles. The van der Waals surface area contributed by atoms with Gasteiger partial charge in [0.2, 0.25) is 5.91 Å². The fourth-order valence-electron chi connectivity index (χ4n) is 2.09. The van der Waals surface area contributed by atoms with E-state index < -0.39 is 5.54 Å². The van der Waals surface area contributed by atoms with E-state index in [0.29, 0.717) is 11.3 Å². The number of amides is 1. The normalized spacial score (nSPS) is 10.8. The van der Waals surface area contributed by atoms with E-state index >= 15 is 0 Å². The molecule has 0 spiro atoms. The first-order valence-corrected chi connectivity index (χ1v) is 6.86. The first-order valence-electron chi connectivity index (χ1n) is 6.86. The van der Waals surface area contributed by atoms with Gasteiger partial charge >= 0.3 is 0 Å². The molecule has 112 valence electrons. The third kappa shape index (κ3) is 3.07. The van der Waals surface area contributed by atoms with Crippen LogP contribution in [0.25, 0.3) is 0 Å². The maximum absolute atomic E-state index is 12.5. The van der Waals surface area contributed by atoms with Crippen LogP contribution in [0.1, 0.15) is 25.0 Å². The van der Waals surface area contributed by atoms with Crippen LogP contribution in [0, 0.1) is 18.3 Å². The number of hydrogen-bond acceptors (Lipinski definition) is 3. The number of pyridine rings is 1. The molecule has 0 saturated carbocycles. The highest BCUT2D eigenvalue weighted by atomic mass is 16.2. The summed E-state index contributed by atoms with van der Waals surface area (Å²) in [6.07, 6.45) is 1.66. The van der Waals surface area contributed by atoms with Gasteiger partial charge in [0.1, 0.15) is 5.54 Å². The summed E-state index contributed by atoms with van der Waals surface area (Å²) in [5.41, 5.74) is 0.593. The molecule has 0 fully saturated rings. The maximum Gasteiger partial charge on any atom is 0.251 e. The Kier molecular flexibility index (Phi) is 4.13. The van der Waals surface area contributed by atoms with Crippen molar-refractivity contribution in [1.82, 2.24) is 4.57 Å². The van der Waals surface area contributed by atoms with Gasteiger partial charge in [0.05, 0.1) is 11.6 Å². The van der Waals surface area contributed by atoms with Crippen LogP contribution in [0.15, 0.2) is 47.4 Å². The SMILES string of the molecule is Cc1ccc(=O)n(C(C)(C)C(=O)Nc2cccc(C#N)c2)c1. The number of hydrogen-bond donors (Lipinski definition) is 1. The van der Waals surface area contributed by atoms with Gasteiger partial charge in [-0.1, -0.05) is 12.1 Å². The smallest absolute Gasteiger partial charge is 0.251 e. The van der Waals surface area contributed by atoms with E-state index in [-0.39, 0.29) is 11.5 Å². The molecule has 1 heterocycles. The fourth-order valence-corrected chi connectivity index (χ4v) is 2.09. The minimum absolute atomic E-state index is 0.239. The van der Waals surface area contributed by atoms with Gasteiger partial charge < -0.3 is 9.88 Å². The predicted molar refractivity (Wildman–Crippen MR) is 84.5 cm³/mol. The van der Waals surface area contributed by atoms with Crippen molar-refractivity contribution in [2.24, 2.45) is 0 Å². The topological polar surface area (TPSA) is 74.9 Å². The van der Waals surface area contributed by atoms with E-state index in [2.05, 4.69) is 5.32 Å². The fraction of sp³-hybridized carbons (Fsp3) is 0.235. The molecular formula is C17H17N3O2. The average Bonchev–Trinajstić information content (AvgIpc) is 2.49. The molecule has 1 amide bonds. The number of anilines is 1. The highest BCUT2D eigenvalue weighted by Gasteiger charge is 2.30. The Morgan fingerprint density at radius 3 is 2.68 bits per heavy atom. The Labute approximate surface area is 128 Å². The van der Waals surface area contributed by atoms with Gasteiger partial charge in [-0.2, -0.15) is 5.26 Å². The van der Waals surface area contributed by atoms with E-state index in [1.807, 2.05) is 13.0 Å². The monoisotopic (exact) mass is 295 g/mol. The molecule has 0 aliphatic rings. The van der Waals surface area contributed by atoms with E-state index in [1.54, 1.807) is 50.4 Å². The third-order valence-corrected chi connectivity index (χ3v) is 3.47. The number of benzene rings is 1. The summed E-state index contributed by atoms with van der Waals surface area (Å²) in [5.74, 6) is -0.324. The molecule has 0 bridgehead atoms. The number of aromatic nitrogens is 1. The highest BCUT2D eigenvalue weighted by molar-refractivity contribution is 5.96. The second kappa shape index (κ2) is 5.86. The largest absolute Gasteiger partial charge is 0.324 e. The summed E-state index contributed by atoms with van der Waals surface area (Å²) in [7, 11) is 0. The molecule has 0 aliphatic heterocycles. The zero-order valence-corrected chi connectivity index (χ0v) is 12.8. The number of aryl methyl sites for hydroxylation is 1. The lowest BCUT2D eigenvalue weighted by Gasteiger charge is -2.26. The number of carbonyl (C=O) groups is 1. The molecule has 2 rings (SSSR count). The average molecular weight is 295 g/mol. The summed E-state index contributed by atoms with van der Waals surface area (Å²) < 4.78 is 1.41. The van der Waals surface area contributed by atoms with Crippen molar-refractivity contribution in [2.75, 3.05) is 5.32 Å². The summed E-state index contributed by atoms with van der Waals surface area (Å²) in [4.78, 5) is 24.6. The molecule has 1 N–H and O–H groups in total. The minimum Gasteiger partial charge on any atom is -0.324 e. The number of carbonyl (C=O) groups excluding carboxylic acids is 1. The van der Waals surface area contributed by atoms with Crippen molar-refractivity contribution in [2.45, 2.75) is 26.3 Å². The molecule has 1 aromatic heterocycles. The van der Waals surface area contributed by atoms with Crippen molar-refractivity contribution < 1.29 is 4.79 Å². The molecule has 0 aliphatic carbocycles. The number of nitrogens with zero attached hydrogens (tertiary/aromatic N) is 2. The van der Waals surface area contributed by atoms with Gasteiger partial charge in [-0.25, -0.2) is 0 Å². The maximum atomic E-state index is 12.5. The van der Waals surface area contributed by atoms with Gasteiger partial charge in [-0.3, -0.25) is 9.59 Å². The van der Waals surface area contributed by atoms with Crippen LogP contribution in [-0.4, -0.2) is 10.5 Å².